The molecule has 1 saturated heterocycles. The molecule has 2 unspecified atom stereocenters. The van der Waals surface area contributed by atoms with Gasteiger partial charge < -0.3 is 14.7 Å². The number of hydrogen-bond donors (Lipinski definition) is 1. The van der Waals surface area contributed by atoms with Crippen molar-refractivity contribution in [2.45, 2.75) is 13.0 Å². The van der Waals surface area contributed by atoms with Crippen molar-refractivity contribution in [3.8, 4) is 0 Å². The molecule has 7 heteroatoms. The van der Waals surface area contributed by atoms with Crippen LogP contribution in [0.4, 0.5) is 0 Å². The number of carbonyl (C=O) groups excluding carboxylic acids is 1. The number of amides is 1. The Kier molecular flexibility index (Phi) is 5.24. The first-order chi connectivity index (χ1) is 9.95. The molecule has 1 heterocycles. The van der Waals surface area contributed by atoms with Crippen LogP contribution in [0, 0.1) is 5.92 Å². The van der Waals surface area contributed by atoms with Gasteiger partial charge in [-0.3, -0.25) is 9.59 Å². The Bertz CT molecular complexity index is 566. The van der Waals surface area contributed by atoms with Crippen LogP contribution in [0.2, 0.25) is 5.02 Å². The van der Waals surface area contributed by atoms with E-state index in [9.17, 15) is 14.7 Å². The van der Waals surface area contributed by atoms with E-state index in [4.69, 9.17) is 16.3 Å². The van der Waals surface area contributed by atoms with Gasteiger partial charge in [0.25, 0.3) is 5.91 Å². The first kappa shape index (κ1) is 16.3. The fourth-order valence-corrected chi connectivity index (χ4v) is 3.19. The van der Waals surface area contributed by atoms with E-state index >= 15 is 0 Å². The topological polar surface area (TPSA) is 66.8 Å². The second-order valence-corrected chi connectivity index (χ2v) is 6.09. The molecule has 0 spiro atoms. The summed E-state index contributed by atoms with van der Waals surface area (Å²) in [6.07, 6.45) is 0. The van der Waals surface area contributed by atoms with Crippen LogP contribution in [0.3, 0.4) is 0 Å². The molecule has 1 aliphatic heterocycles. The molecule has 1 N–H and O–H groups in total. The van der Waals surface area contributed by atoms with Crippen LogP contribution < -0.4 is 0 Å². The number of ether oxygens (including phenoxy) is 1. The third kappa shape index (κ3) is 3.39. The maximum Gasteiger partial charge on any atom is 0.311 e. The molecule has 0 aliphatic carbocycles. The van der Waals surface area contributed by atoms with Crippen LogP contribution in [-0.2, 0) is 9.53 Å². The number of nitrogens with zero attached hydrogens (tertiary/aromatic N) is 1. The van der Waals surface area contributed by atoms with E-state index in [1.807, 2.05) is 6.92 Å². The number of carboxylic acids is 1. The number of halogens is 2. The highest BCUT2D eigenvalue weighted by atomic mass is 79.9. The molecule has 1 amide bonds. The summed E-state index contributed by atoms with van der Waals surface area (Å²) in [5.41, 5.74) is 0.359. The van der Waals surface area contributed by atoms with Crippen LogP contribution in [0.25, 0.3) is 0 Å². The molecule has 1 aromatic rings. The largest absolute Gasteiger partial charge is 0.481 e. The van der Waals surface area contributed by atoms with E-state index < -0.39 is 17.9 Å². The zero-order valence-corrected chi connectivity index (χ0v) is 13.7. The number of aliphatic carboxylic acids is 1. The summed E-state index contributed by atoms with van der Waals surface area (Å²) in [6.45, 7) is 2.55. The summed E-state index contributed by atoms with van der Waals surface area (Å²) < 4.78 is 6.01. The van der Waals surface area contributed by atoms with E-state index in [1.165, 1.54) is 4.90 Å². The minimum atomic E-state index is -0.953. The number of rotatable bonds is 4. The summed E-state index contributed by atoms with van der Waals surface area (Å²) in [5.74, 6) is -1.94. The van der Waals surface area contributed by atoms with E-state index in [1.54, 1.807) is 18.2 Å². The average molecular weight is 377 g/mol. The Morgan fingerprint density at radius 2 is 2.19 bits per heavy atom. The highest BCUT2D eigenvalue weighted by molar-refractivity contribution is 9.10. The summed E-state index contributed by atoms with van der Waals surface area (Å²) in [5, 5.41) is 9.55. The highest BCUT2D eigenvalue weighted by Gasteiger charge is 2.39. The van der Waals surface area contributed by atoms with Gasteiger partial charge in [0.15, 0.2) is 0 Å². The van der Waals surface area contributed by atoms with Gasteiger partial charge >= 0.3 is 5.97 Å². The van der Waals surface area contributed by atoms with Gasteiger partial charge in [0.1, 0.15) is 5.92 Å². The molecule has 1 aliphatic rings. The Morgan fingerprint density at radius 1 is 1.48 bits per heavy atom. The molecular weight excluding hydrogens is 362 g/mol. The first-order valence-electron chi connectivity index (χ1n) is 6.52. The Hall–Kier alpha value is -1.11. The minimum absolute atomic E-state index is 0.123. The van der Waals surface area contributed by atoms with Crippen LogP contribution in [0.5, 0.6) is 0 Å². The number of likely N-dealkylation sites (N-methyl/N-ethyl adjacent to an activating group) is 1. The van der Waals surface area contributed by atoms with Crippen molar-refractivity contribution >= 4 is 39.4 Å². The third-order valence-electron chi connectivity index (χ3n) is 3.53. The van der Waals surface area contributed by atoms with Crippen LogP contribution in [-0.4, -0.2) is 47.7 Å². The third-order valence-corrected chi connectivity index (χ3v) is 4.34. The van der Waals surface area contributed by atoms with Gasteiger partial charge in [-0.1, -0.05) is 27.5 Å². The second-order valence-electron chi connectivity index (χ2n) is 4.76. The lowest BCUT2D eigenvalue weighted by Crippen LogP contribution is -2.46. The Morgan fingerprint density at radius 3 is 2.76 bits per heavy atom. The van der Waals surface area contributed by atoms with E-state index in [2.05, 4.69) is 15.9 Å². The molecule has 0 radical (unpaired) electrons. The molecule has 0 saturated carbocycles. The summed E-state index contributed by atoms with van der Waals surface area (Å²) in [7, 11) is 0. The van der Waals surface area contributed by atoms with Gasteiger partial charge in [-0.15, -0.1) is 0 Å². The van der Waals surface area contributed by atoms with Crippen molar-refractivity contribution < 1.29 is 19.4 Å². The molecule has 21 heavy (non-hydrogen) atoms. The lowest BCUT2D eigenvalue weighted by Gasteiger charge is -2.29. The standard InChI is InChI=1S/C14H15BrClNO4/c1-2-17(12-7-21-6-10(12)14(19)20)13(18)9-4-3-8(15)5-11(9)16/h3-5,10,12H,2,6-7H2,1H3,(H,19,20). The maximum atomic E-state index is 12.6. The van der Waals surface area contributed by atoms with Crippen LogP contribution in [0.1, 0.15) is 17.3 Å². The van der Waals surface area contributed by atoms with E-state index in [-0.39, 0.29) is 19.1 Å². The van der Waals surface area contributed by atoms with Crippen molar-refractivity contribution in [2.24, 2.45) is 5.92 Å². The van der Waals surface area contributed by atoms with Crippen LogP contribution in [0.15, 0.2) is 22.7 Å². The highest BCUT2D eigenvalue weighted by Crippen LogP contribution is 2.26. The molecule has 5 nitrogen and oxygen atoms in total. The normalized spacial score (nSPS) is 21.3. The molecule has 0 bridgehead atoms. The predicted octanol–water partition coefficient (Wildman–Crippen LogP) is 2.66. The second kappa shape index (κ2) is 6.77. The lowest BCUT2D eigenvalue weighted by molar-refractivity contribution is -0.142. The van der Waals surface area contributed by atoms with Gasteiger partial charge in [-0.2, -0.15) is 0 Å². The molecule has 2 rings (SSSR count). The average Bonchev–Trinajstić information content (AvgIpc) is 2.88. The minimum Gasteiger partial charge on any atom is -0.481 e. The van der Waals surface area contributed by atoms with Crippen molar-refractivity contribution in [3.63, 3.8) is 0 Å². The molecule has 114 valence electrons. The molecule has 1 fully saturated rings. The zero-order valence-electron chi connectivity index (χ0n) is 11.4. The zero-order chi connectivity index (χ0) is 15.6. The number of hydrogen-bond acceptors (Lipinski definition) is 3. The molecule has 1 aromatic carbocycles. The fourth-order valence-electron chi connectivity index (χ4n) is 2.43. The van der Waals surface area contributed by atoms with Gasteiger partial charge in [-0.05, 0) is 25.1 Å². The fraction of sp³-hybridized carbons (Fsp3) is 0.429. The number of carbonyl (C=O) groups is 2. The smallest absolute Gasteiger partial charge is 0.311 e. The van der Waals surface area contributed by atoms with Gasteiger partial charge in [0.2, 0.25) is 0 Å². The van der Waals surface area contributed by atoms with Gasteiger partial charge in [-0.25, -0.2) is 0 Å². The Labute approximate surface area is 136 Å². The van der Waals surface area contributed by atoms with Crippen LogP contribution >= 0.6 is 27.5 Å². The van der Waals surface area contributed by atoms with Gasteiger partial charge in [0, 0.05) is 11.0 Å². The molecule has 2 atom stereocenters. The predicted molar refractivity (Wildman–Crippen MR) is 81.6 cm³/mol. The quantitative estimate of drug-likeness (QED) is 0.877. The van der Waals surface area contributed by atoms with E-state index in [0.29, 0.717) is 17.1 Å². The summed E-state index contributed by atoms with van der Waals surface area (Å²) in [6, 6.07) is 4.53. The first-order valence-corrected chi connectivity index (χ1v) is 7.69. The summed E-state index contributed by atoms with van der Waals surface area (Å²) >= 11 is 9.39. The monoisotopic (exact) mass is 375 g/mol. The lowest BCUT2D eigenvalue weighted by atomic mass is 10.0. The number of carboxylic acid groups (broad SMARTS) is 1. The van der Waals surface area contributed by atoms with E-state index in [0.717, 1.165) is 4.47 Å². The Balaban J connectivity index is 2.28. The molecule has 0 aromatic heterocycles. The SMILES string of the molecule is CCN(C(=O)c1ccc(Br)cc1Cl)C1COCC1C(=O)O. The van der Waals surface area contributed by atoms with Crippen molar-refractivity contribution in [1.29, 1.82) is 0 Å². The molecular formula is C14H15BrClNO4. The van der Waals surface area contributed by atoms with Gasteiger partial charge in [0.05, 0.1) is 29.8 Å². The van der Waals surface area contributed by atoms with Crippen molar-refractivity contribution in [1.82, 2.24) is 4.90 Å². The summed E-state index contributed by atoms with van der Waals surface area (Å²) in [4.78, 5) is 25.4. The maximum absolute atomic E-state index is 12.6. The number of benzene rings is 1. The van der Waals surface area contributed by atoms with Crippen molar-refractivity contribution in [3.05, 3.63) is 33.3 Å². The van der Waals surface area contributed by atoms with Crippen molar-refractivity contribution in [2.75, 3.05) is 19.8 Å².